The molecule has 1 aliphatic carbocycles. The molecule has 1 amide bonds. The van der Waals surface area contributed by atoms with E-state index >= 15 is 0 Å². The molecule has 2 heterocycles. The summed E-state index contributed by atoms with van der Waals surface area (Å²) in [5.41, 5.74) is 4.60. The van der Waals surface area contributed by atoms with Crippen molar-refractivity contribution in [3.8, 4) is 17.6 Å². The molecule has 7 nitrogen and oxygen atoms in total. The number of aromatic nitrogens is 1. The van der Waals surface area contributed by atoms with Gasteiger partial charge in [0.15, 0.2) is 17.3 Å². The standard InChI is InChI=1S/C27H31N3O4S/c1-6-18-19(13-28)26(29-20-11-27(2,3)12-21(31)25(18)20)35-15-24(32)30-8-7-16-9-22(33-4)23(34-5)10-17(16)14-30/h9-10H,6-8,11-12,14-15H2,1-5H3. The zero-order valence-electron chi connectivity index (χ0n) is 21.0. The number of hydrogen-bond donors (Lipinski definition) is 0. The number of Topliss-reactive ketones (excluding diaryl/α,β-unsaturated/α-hetero) is 1. The first-order valence-electron chi connectivity index (χ1n) is 11.8. The van der Waals surface area contributed by atoms with Crippen LogP contribution in [0.4, 0.5) is 0 Å². The van der Waals surface area contributed by atoms with E-state index in [9.17, 15) is 14.9 Å². The molecule has 2 aliphatic rings. The fraction of sp³-hybridized carbons (Fsp3) is 0.481. The van der Waals surface area contributed by atoms with Crippen LogP contribution in [-0.4, -0.2) is 48.1 Å². The molecule has 0 unspecified atom stereocenters. The van der Waals surface area contributed by atoms with E-state index in [1.807, 2.05) is 24.0 Å². The maximum Gasteiger partial charge on any atom is 0.233 e. The fourth-order valence-corrected chi connectivity index (χ4v) is 5.98. The maximum absolute atomic E-state index is 13.1. The first kappa shape index (κ1) is 25.1. The van der Waals surface area contributed by atoms with Crippen LogP contribution in [0.1, 0.15) is 65.5 Å². The molecule has 0 atom stereocenters. The number of methoxy groups -OCH3 is 2. The van der Waals surface area contributed by atoms with Gasteiger partial charge < -0.3 is 14.4 Å². The average Bonchev–Trinajstić information content (AvgIpc) is 2.84. The Morgan fingerprint density at radius 1 is 1.20 bits per heavy atom. The van der Waals surface area contributed by atoms with E-state index in [-0.39, 0.29) is 22.9 Å². The Kier molecular flexibility index (Phi) is 7.09. The summed E-state index contributed by atoms with van der Waals surface area (Å²) < 4.78 is 10.8. The Hall–Kier alpha value is -3.05. The van der Waals surface area contributed by atoms with Crippen molar-refractivity contribution in [2.45, 2.75) is 58.0 Å². The van der Waals surface area contributed by atoms with Crippen molar-refractivity contribution in [2.24, 2.45) is 5.41 Å². The second kappa shape index (κ2) is 9.90. The van der Waals surface area contributed by atoms with Crippen molar-refractivity contribution in [1.82, 2.24) is 9.88 Å². The van der Waals surface area contributed by atoms with Gasteiger partial charge in [-0.1, -0.05) is 32.5 Å². The minimum absolute atomic E-state index is 0.00620. The summed E-state index contributed by atoms with van der Waals surface area (Å²) in [5.74, 6) is 1.58. The van der Waals surface area contributed by atoms with Crippen molar-refractivity contribution in [2.75, 3.05) is 26.5 Å². The van der Waals surface area contributed by atoms with E-state index in [1.165, 1.54) is 11.8 Å². The molecule has 35 heavy (non-hydrogen) atoms. The van der Waals surface area contributed by atoms with E-state index in [4.69, 9.17) is 14.5 Å². The first-order valence-corrected chi connectivity index (χ1v) is 12.8. The van der Waals surface area contributed by atoms with Crippen LogP contribution in [0.2, 0.25) is 0 Å². The summed E-state index contributed by atoms with van der Waals surface area (Å²) in [6, 6.07) is 6.18. The van der Waals surface area contributed by atoms with Crippen LogP contribution in [0.5, 0.6) is 11.5 Å². The molecular formula is C27H31N3O4S. The number of carbonyl (C=O) groups excluding carboxylic acids is 2. The number of ketones is 1. The zero-order chi connectivity index (χ0) is 25.3. The van der Waals surface area contributed by atoms with Crippen LogP contribution >= 0.6 is 11.8 Å². The van der Waals surface area contributed by atoms with Crippen molar-refractivity contribution in [1.29, 1.82) is 5.26 Å². The third-order valence-corrected chi connectivity index (χ3v) is 7.74. The summed E-state index contributed by atoms with van der Waals surface area (Å²) in [6.45, 7) is 7.20. The fourth-order valence-electron chi connectivity index (χ4n) is 5.05. The molecule has 0 spiro atoms. The number of amides is 1. The first-order chi connectivity index (χ1) is 16.7. The highest BCUT2D eigenvalue weighted by atomic mass is 32.2. The second-order valence-corrected chi connectivity index (χ2v) is 10.8. The Morgan fingerprint density at radius 2 is 1.89 bits per heavy atom. The van der Waals surface area contributed by atoms with Crippen molar-refractivity contribution < 1.29 is 19.1 Å². The minimum Gasteiger partial charge on any atom is -0.493 e. The molecule has 1 aliphatic heterocycles. The van der Waals surface area contributed by atoms with Crippen molar-refractivity contribution in [3.05, 3.63) is 45.6 Å². The number of ether oxygens (including phenoxy) is 2. The summed E-state index contributed by atoms with van der Waals surface area (Å²) in [7, 11) is 3.22. The Morgan fingerprint density at radius 3 is 2.51 bits per heavy atom. The largest absolute Gasteiger partial charge is 0.493 e. The van der Waals surface area contributed by atoms with Crippen LogP contribution in [0, 0.1) is 16.7 Å². The Balaban J connectivity index is 1.55. The van der Waals surface area contributed by atoms with Gasteiger partial charge in [-0.2, -0.15) is 5.26 Å². The highest BCUT2D eigenvalue weighted by Gasteiger charge is 2.35. The van der Waals surface area contributed by atoms with E-state index in [1.54, 1.807) is 14.2 Å². The Bertz CT molecular complexity index is 1230. The topological polar surface area (TPSA) is 92.5 Å². The van der Waals surface area contributed by atoms with Gasteiger partial charge in [0.1, 0.15) is 11.1 Å². The number of fused-ring (bicyclic) bond motifs is 2. The van der Waals surface area contributed by atoms with E-state index in [0.29, 0.717) is 60.0 Å². The molecule has 1 aromatic heterocycles. The monoisotopic (exact) mass is 493 g/mol. The number of nitriles is 1. The van der Waals surface area contributed by atoms with E-state index < -0.39 is 0 Å². The van der Waals surface area contributed by atoms with Gasteiger partial charge in [-0.3, -0.25) is 9.59 Å². The van der Waals surface area contributed by atoms with Crippen LogP contribution in [0.15, 0.2) is 17.2 Å². The number of carbonyl (C=O) groups is 2. The predicted octanol–water partition coefficient (Wildman–Crippen LogP) is 4.36. The summed E-state index contributed by atoms with van der Waals surface area (Å²) in [4.78, 5) is 32.6. The molecule has 1 aromatic carbocycles. The molecule has 0 bridgehead atoms. The van der Waals surface area contributed by atoms with Gasteiger partial charge in [-0.05, 0) is 53.5 Å². The number of hydrogen-bond acceptors (Lipinski definition) is 7. The van der Waals surface area contributed by atoms with Gasteiger partial charge in [-0.25, -0.2) is 4.98 Å². The molecule has 184 valence electrons. The van der Waals surface area contributed by atoms with Crippen LogP contribution < -0.4 is 9.47 Å². The lowest BCUT2D eigenvalue weighted by Crippen LogP contribution is -2.37. The van der Waals surface area contributed by atoms with Crippen LogP contribution in [0.25, 0.3) is 0 Å². The average molecular weight is 494 g/mol. The van der Waals surface area contributed by atoms with Gasteiger partial charge in [-0.15, -0.1) is 0 Å². The van der Waals surface area contributed by atoms with E-state index in [2.05, 4.69) is 19.9 Å². The van der Waals surface area contributed by atoms with Crippen molar-refractivity contribution in [3.63, 3.8) is 0 Å². The lowest BCUT2D eigenvalue weighted by molar-refractivity contribution is -0.129. The zero-order valence-corrected chi connectivity index (χ0v) is 21.8. The maximum atomic E-state index is 13.1. The number of pyridine rings is 1. The molecule has 0 fully saturated rings. The Labute approximate surface area is 210 Å². The number of thioether (sulfide) groups is 1. The van der Waals surface area contributed by atoms with Gasteiger partial charge in [0.2, 0.25) is 5.91 Å². The molecule has 8 heteroatoms. The lowest BCUT2D eigenvalue weighted by Gasteiger charge is -2.31. The third kappa shape index (κ3) is 4.87. The molecule has 2 aromatic rings. The van der Waals surface area contributed by atoms with Crippen molar-refractivity contribution >= 4 is 23.5 Å². The normalized spacial score (nSPS) is 16.2. The summed E-state index contributed by atoms with van der Waals surface area (Å²) in [6.07, 6.45) is 2.46. The van der Waals surface area contributed by atoms with Gasteiger partial charge >= 0.3 is 0 Å². The molecule has 0 saturated heterocycles. The predicted molar refractivity (Wildman–Crippen MR) is 134 cm³/mol. The SMILES string of the molecule is CCc1c(C#N)c(SCC(=O)N2CCc3cc(OC)c(OC)cc3C2)nc2c1C(=O)CC(C)(C)C2. The number of benzene rings is 1. The van der Waals surface area contributed by atoms with Crippen LogP contribution in [-0.2, 0) is 30.6 Å². The molecule has 4 rings (SSSR count). The quantitative estimate of drug-likeness (QED) is 0.552. The molecule has 0 N–H and O–H groups in total. The minimum atomic E-state index is -0.168. The summed E-state index contributed by atoms with van der Waals surface area (Å²) in [5, 5.41) is 10.5. The molecule has 0 radical (unpaired) electrons. The van der Waals surface area contributed by atoms with Gasteiger partial charge in [0.25, 0.3) is 0 Å². The van der Waals surface area contributed by atoms with E-state index in [0.717, 1.165) is 28.8 Å². The highest BCUT2D eigenvalue weighted by molar-refractivity contribution is 8.00. The second-order valence-electron chi connectivity index (χ2n) is 9.83. The lowest BCUT2D eigenvalue weighted by atomic mass is 9.74. The van der Waals surface area contributed by atoms with Gasteiger partial charge in [0, 0.05) is 25.1 Å². The van der Waals surface area contributed by atoms with Crippen LogP contribution in [0.3, 0.4) is 0 Å². The molecular weight excluding hydrogens is 462 g/mol. The van der Waals surface area contributed by atoms with Gasteiger partial charge in [0.05, 0.1) is 31.2 Å². The number of rotatable bonds is 6. The highest BCUT2D eigenvalue weighted by Crippen LogP contribution is 2.39. The summed E-state index contributed by atoms with van der Waals surface area (Å²) >= 11 is 1.29. The number of nitrogens with zero attached hydrogens (tertiary/aromatic N) is 3. The molecule has 0 saturated carbocycles. The third-order valence-electron chi connectivity index (χ3n) is 6.77. The smallest absolute Gasteiger partial charge is 0.233 e.